The van der Waals surface area contributed by atoms with Gasteiger partial charge < -0.3 is 14.8 Å². The Morgan fingerprint density at radius 2 is 1.59 bits per heavy atom. The molecule has 1 aromatic heterocycles. The molecule has 0 saturated carbocycles. The van der Waals surface area contributed by atoms with Crippen LogP contribution in [0, 0.1) is 5.92 Å². The van der Waals surface area contributed by atoms with Gasteiger partial charge in [0, 0.05) is 44.8 Å². The molecule has 2 N–H and O–H groups in total. The number of amides is 2. The summed E-state index contributed by atoms with van der Waals surface area (Å²) < 4.78 is 0. The summed E-state index contributed by atoms with van der Waals surface area (Å²) in [5.41, 5.74) is -1.21. The number of nitrogens with one attached hydrogen (secondary N) is 2. The summed E-state index contributed by atoms with van der Waals surface area (Å²) in [4.78, 5) is 58.9. The van der Waals surface area contributed by atoms with E-state index in [1.54, 1.807) is 4.90 Å². The van der Waals surface area contributed by atoms with E-state index in [9.17, 15) is 19.2 Å². The minimum absolute atomic E-state index is 0.0337. The van der Waals surface area contributed by atoms with Crippen LogP contribution < -0.4 is 11.2 Å². The van der Waals surface area contributed by atoms with Crippen molar-refractivity contribution in [1.82, 2.24) is 24.7 Å². The Morgan fingerprint density at radius 3 is 2.28 bits per heavy atom. The van der Waals surface area contributed by atoms with Gasteiger partial charge in [0.05, 0.1) is 5.92 Å². The van der Waals surface area contributed by atoms with Crippen LogP contribution in [-0.4, -0.2) is 81.8 Å². The largest absolute Gasteiger partial charge is 0.342 e. The monoisotopic (exact) mass is 403 g/mol. The van der Waals surface area contributed by atoms with Gasteiger partial charge in [0.1, 0.15) is 5.69 Å². The van der Waals surface area contributed by atoms with E-state index >= 15 is 0 Å². The van der Waals surface area contributed by atoms with Crippen LogP contribution in [-0.2, 0) is 4.79 Å². The molecule has 0 aliphatic carbocycles. The van der Waals surface area contributed by atoms with Gasteiger partial charge in [-0.25, -0.2) is 4.79 Å². The zero-order valence-electron chi connectivity index (χ0n) is 16.7. The van der Waals surface area contributed by atoms with Gasteiger partial charge in [0.2, 0.25) is 5.91 Å². The first kappa shape index (κ1) is 19.9. The maximum atomic E-state index is 12.8. The molecule has 0 spiro atoms. The number of carbonyl (C=O) groups excluding carboxylic acids is 2. The van der Waals surface area contributed by atoms with Crippen molar-refractivity contribution in [1.29, 1.82) is 0 Å². The van der Waals surface area contributed by atoms with Crippen LogP contribution in [0.5, 0.6) is 0 Å². The van der Waals surface area contributed by atoms with E-state index < -0.39 is 11.2 Å². The molecule has 1 aromatic rings. The minimum atomic E-state index is -0.669. The standard InChI is InChI=1S/C20H29N5O4/c26-17-12-16(21-20(29)22-17)19(28)24-10-5-15(6-11-24)25-9-3-4-14(13-25)18(27)23-7-1-2-8-23/h12,14-15H,1-11,13H2,(H2,21,22,26,29). The van der Waals surface area contributed by atoms with Crippen LogP contribution >= 0.6 is 0 Å². The maximum Gasteiger partial charge on any atom is 0.326 e. The lowest BCUT2D eigenvalue weighted by Gasteiger charge is -2.42. The Balaban J connectivity index is 1.33. The number of piperidine rings is 2. The first-order valence-electron chi connectivity index (χ1n) is 10.7. The molecule has 3 saturated heterocycles. The number of aromatic amines is 2. The van der Waals surface area contributed by atoms with Crippen LogP contribution in [0.15, 0.2) is 15.7 Å². The average Bonchev–Trinajstić information content (AvgIpc) is 3.27. The smallest absolute Gasteiger partial charge is 0.326 e. The third-order valence-electron chi connectivity index (χ3n) is 6.48. The number of carbonyl (C=O) groups is 2. The van der Waals surface area contributed by atoms with E-state index in [-0.39, 0.29) is 17.5 Å². The Bertz CT molecular complexity index is 836. The number of H-pyrrole nitrogens is 2. The van der Waals surface area contributed by atoms with Crippen molar-refractivity contribution in [2.75, 3.05) is 39.3 Å². The van der Waals surface area contributed by atoms with Gasteiger partial charge in [-0.1, -0.05) is 0 Å². The minimum Gasteiger partial charge on any atom is -0.342 e. The molecular weight excluding hydrogens is 374 g/mol. The second kappa shape index (κ2) is 8.52. The van der Waals surface area contributed by atoms with E-state index in [1.807, 2.05) is 4.90 Å². The summed E-state index contributed by atoms with van der Waals surface area (Å²) in [6.07, 6.45) is 5.92. The highest BCUT2D eigenvalue weighted by Crippen LogP contribution is 2.26. The topological polar surface area (TPSA) is 110 Å². The fourth-order valence-electron chi connectivity index (χ4n) is 4.92. The highest BCUT2D eigenvalue weighted by Gasteiger charge is 2.34. The number of nitrogens with zero attached hydrogens (tertiary/aromatic N) is 3. The van der Waals surface area contributed by atoms with Crippen molar-refractivity contribution in [3.05, 3.63) is 32.6 Å². The molecule has 3 aliphatic rings. The van der Waals surface area contributed by atoms with Gasteiger partial charge >= 0.3 is 5.69 Å². The van der Waals surface area contributed by atoms with E-state index in [0.717, 1.165) is 70.8 Å². The van der Waals surface area contributed by atoms with E-state index in [4.69, 9.17) is 0 Å². The molecule has 1 unspecified atom stereocenters. The molecule has 0 bridgehead atoms. The highest BCUT2D eigenvalue weighted by molar-refractivity contribution is 5.92. The highest BCUT2D eigenvalue weighted by atomic mass is 16.2. The van der Waals surface area contributed by atoms with Crippen molar-refractivity contribution in [3.63, 3.8) is 0 Å². The van der Waals surface area contributed by atoms with Crippen molar-refractivity contribution >= 4 is 11.8 Å². The molecule has 0 radical (unpaired) electrons. The fraction of sp³-hybridized carbons (Fsp3) is 0.700. The first-order chi connectivity index (χ1) is 14.0. The Hall–Kier alpha value is -2.42. The first-order valence-corrected chi connectivity index (χ1v) is 10.7. The van der Waals surface area contributed by atoms with Crippen LogP contribution in [0.1, 0.15) is 49.0 Å². The van der Waals surface area contributed by atoms with E-state index in [2.05, 4.69) is 14.9 Å². The van der Waals surface area contributed by atoms with Gasteiger partial charge in [-0.3, -0.25) is 24.3 Å². The molecule has 9 heteroatoms. The van der Waals surface area contributed by atoms with Gasteiger partial charge in [0.15, 0.2) is 0 Å². The number of likely N-dealkylation sites (tertiary alicyclic amines) is 3. The van der Waals surface area contributed by atoms with Crippen molar-refractivity contribution < 1.29 is 9.59 Å². The summed E-state index contributed by atoms with van der Waals surface area (Å²) in [6, 6.07) is 1.50. The van der Waals surface area contributed by atoms with Gasteiger partial charge in [-0.15, -0.1) is 0 Å². The summed E-state index contributed by atoms with van der Waals surface area (Å²) in [7, 11) is 0. The van der Waals surface area contributed by atoms with Gasteiger partial charge in [-0.05, 0) is 45.1 Å². The fourth-order valence-corrected chi connectivity index (χ4v) is 4.92. The lowest BCUT2D eigenvalue weighted by Crippen LogP contribution is -2.52. The summed E-state index contributed by atoms with van der Waals surface area (Å²) in [5, 5.41) is 0. The normalized spacial score (nSPS) is 24.1. The molecule has 3 fully saturated rings. The quantitative estimate of drug-likeness (QED) is 0.738. The molecule has 1 atom stereocenters. The van der Waals surface area contributed by atoms with Crippen molar-refractivity contribution in [3.8, 4) is 0 Å². The van der Waals surface area contributed by atoms with Crippen LogP contribution in [0.3, 0.4) is 0 Å². The van der Waals surface area contributed by atoms with Gasteiger partial charge in [0.25, 0.3) is 11.5 Å². The van der Waals surface area contributed by atoms with Crippen LogP contribution in [0.4, 0.5) is 0 Å². The summed E-state index contributed by atoms with van der Waals surface area (Å²) in [6.45, 7) is 4.79. The Kier molecular flexibility index (Phi) is 5.84. The number of rotatable bonds is 3. The molecule has 29 heavy (non-hydrogen) atoms. The second-order valence-corrected chi connectivity index (χ2v) is 8.39. The van der Waals surface area contributed by atoms with Gasteiger partial charge in [-0.2, -0.15) is 0 Å². The SMILES string of the molecule is O=C(c1cc(=O)[nH]c(=O)[nH]1)N1CCC(N2CCCC(C(=O)N3CCCC3)C2)CC1. The molecular formula is C20H29N5O4. The Morgan fingerprint density at radius 1 is 0.862 bits per heavy atom. The lowest BCUT2D eigenvalue weighted by atomic mass is 9.93. The van der Waals surface area contributed by atoms with E-state index in [0.29, 0.717) is 25.0 Å². The van der Waals surface area contributed by atoms with Crippen molar-refractivity contribution in [2.45, 2.75) is 44.6 Å². The molecule has 4 heterocycles. The third-order valence-corrected chi connectivity index (χ3v) is 6.48. The number of aromatic nitrogens is 2. The summed E-state index contributed by atoms with van der Waals surface area (Å²) in [5.74, 6) is 0.105. The van der Waals surface area contributed by atoms with Crippen LogP contribution in [0.2, 0.25) is 0 Å². The summed E-state index contributed by atoms with van der Waals surface area (Å²) >= 11 is 0. The van der Waals surface area contributed by atoms with E-state index in [1.165, 1.54) is 0 Å². The predicted molar refractivity (Wildman–Crippen MR) is 107 cm³/mol. The maximum absolute atomic E-state index is 12.8. The zero-order chi connectivity index (χ0) is 20.4. The molecule has 2 amide bonds. The second-order valence-electron chi connectivity index (χ2n) is 8.39. The molecule has 0 aromatic carbocycles. The average molecular weight is 403 g/mol. The third kappa shape index (κ3) is 4.44. The number of hydrogen-bond acceptors (Lipinski definition) is 5. The molecule has 9 nitrogen and oxygen atoms in total. The van der Waals surface area contributed by atoms with Crippen LogP contribution in [0.25, 0.3) is 0 Å². The molecule has 158 valence electrons. The zero-order valence-corrected chi connectivity index (χ0v) is 16.7. The number of hydrogen-bond donors (Lipinski definition) is 2. The Labute approximate surface area is 169 Å². The lowest BCUT2D eigenvalue weighted by molar-refractivity contribution is -0.136. The predicted octanol–water partition coefficient (Wildman–Crippen LogP) is 0.00220. The molecule has 3 aliphatic heterocycles. The molecule has 4 rings (SSSR count). The van der Waals surface area contributed by atoms with Crippen molar-refractivity contribution in [2.24, 2.45) is 5.92 Å².